The maximum Gasteiger partial charge on any atom is 0.246 e. The normalized spacial score (nSPS) is 20.1. The van der Waals surface area contributed by atoms with Gasteiger partial charge in [0, 0.05) is 19.1 Å². The molecule has 1 aromatic heterocycles. The second-order valence-corrected chi connectivity index (χ2v) is 7.38. The zero-order valence-corrected chi connectivity index (χ0v) is 13.3. The third-order valence-electron chi connectivity index (χ3n) is 4.01. The number of rotatable bonds is 4. The molecule has 3 rings (SSSR count). The fraction of sp³-hybridized carbons (Fsp3) is 0.400. The number of hydrogen-bond donors (Lipinski definition) is 1. The van der Waals surface area contributed by atoms with E-state index in [2.05, 4.69) is 10.4 Å². The highest BCUT2D eigenvalue weighted by Crippen LogP contribution is 2.21. The van der Waals surface area contributed by atoms with Crippen molar-refractivity contribution in [3.05, 3.63) is 42.7 Å². The Balaban J connectivity index is 1.85. The third-order valence-corrected chi connectivity index (χ3v) is 5.83. The maximum absolute atomic E-state index is 12.7. The van der Waals surface area contributed by atoms with Gasteiger partial charge in [-0.2, -0.15) is 9.40 Å². The van der Waals surface area contributed by atoms with Crippen molar-refractivity contribution in [3.63, 3.8) is 0 Å². The summed E-state index contributed by atoms with van der Waals surface area (Å²) < 4.78 is 28.6. The van der Waals surface area contributed by atoms with Gasteiger partial charge in [-0.15, -0.1) is 0 Å². The number of hydrogen-bond acceptors (Lipinski definition) is 4. The number of aromatic nitrogens is 2. The molecule has 22 heavy (non-hydrogen) atoms. The quantitative estimate of drug-likeness (QED) is 0.920. The largest absolute Gasteiger partial charge is 0.316 e. The minimum atomic E-state index is -3.48. The van der Waals surface area contributed by atoms with E-state index in [1.54, 1.807) is 15.2 Å². The van der Waals surface area contributed by atoms with Gasteiger partial charge >= 0.3 is 0 Å². The zero-order chi connectivity index (χ0) is 15.6. The van der Waals surface area contributed by atoms with Crippen LogP contribution >= 0.6 is 0 Å². The molecule has 0 radical (unpaired) electrons. The van der Waals surface area contributed by atoms with Gasteiger partial charge in [0.25, 0.3) is 0 Å². The highest BCUT2D eigenvalue weighted by molar-refractivity contribution is 7.89. The molecule has 0 spiro atoms. The average molecular weight is 320 g/mol. The van der Waals surface area contributed by atoms with Crippen LogP contribution in [-0.4, -0.2) is 48.7 Å². The smallest absolute Gasteiger partial charge is 0.246 e. The molecular weight excluding hydrogens is 300 g/mol. The minimum absolute atomic E-state index is 0.215. The van der Waals surface area contributed by atoms with Gasteiger partial charge in [0.15, 0.2) is 0 Å². The molecule has 1 aliphatic rings. The number of nitrogens with zero attached hydrogens (tertiary/aromatic N) is 3. The van der Waals surface area contributed by atoms with E-state index < -0.39 is 10.0 Å². The standard InChI is InChI=1S/C15H20N4O2S/c1-16-13-6-5-9-18(11-13)22(20,21)15-10-17-19(12-15)14-7-3-2-4-8-14/h2-4,7-8,10,12-13,16H,5-6,9,11H2,1H3. The van der Waals surface area contributed by atoms with E-state index in [-0.39, 0.29) is 10.9 Å². The zero-order valence-electron chi connectivity index (χ0n) is 12.5. The Bertz CT molecular complexity index is 727. The van der Waals surface area contributed by atoms with Crippen LogP contribution < -0.4 is 5.32 Å². The van der Waals surface area contributed by atoms with Crippen LogP contribution in [-0.2, 0) is 10.0 Å². The fourth-order valence-electron chi connectivity index (χ4n) is 2.71. The summed E-state index contributed by atoms with van der Waals surface area (Å²) in [6.45, 7) is 1.08. The molecule has 1 unspecified atom stereocenters. The van der Waals surface area contributed by atoms with Crippen LogP contribution in [0.3, 0.4) is 0 Å². The number of likely N-dealkylation sites (N-methyl/N-ethyl adjacent to an activating group) is 1. The van der Waals surface area contributed by atoms with Gasteiger partial charge in [-0.1, -0.05) is 18.2 Å². The lowest BCUT2D eigenvalue weighted by atomic mass is 10.1. The van der Waals surface area contributed by atoms with Gasteiger partial charge in [-0.3, -0.25) is 0 Å². The summed E-state index contributed by atoms with van der Waals surface area (Å²) in [5, 5.41) is 7.34. The predicted molar refractivity (Wildman–Crippen MR) is 84.4 cm³/mol. The molecule has 1 saturated heterocycles. The molecule has 0 bridgehead atoms. The number of nitrogens with one attached hydrogen (secondary N) is 1. The Morgan fingerprint density at radius 2 is 2.05 bits per heavy atom. The molecule has 0 amide bonds. The Morgan fingerprint density at radius 3 is 2.77 bits per heavy atom. The van der Waals surface area contributed by atoms with Crippen molar-refractivity contribution in [1.29, 1.82) is 0 Å². The summed E-state index contributed by atoms with van der Waals surface area (Å²) in [5.41, 5.74) is 0.843. The molecule has 1 aliphatic heterocycles. The van der Waals surface area contributed by atoms with Crippen LogP contribution in [0.2, 0.25) is 0 Å². The van der Waals surface area contributed by atoms with E-state index in [0.717, 1.165) is 18.5 Å². The first-order valence-corrected chi connectivity index (χ1v) is 8.83. The summed E-state index contributed by atoms with van der Waals surface area (Å²) in [5.74, 6) is 0. The van der Waals surface area contributed by atoms with Crippen molar-refractivity contribution in [2.24, 2.45) is 0 Å². The Labute approximate surface area is 130 Å². The molecule has 1 atom stereocenters. The first kappa shape index (κ1) is 15.2. The number of benzene rings is 1. The van der Waals surface area contributed by atoms with Crippen LogP contribution in [0.4, 0.5) is 0 Å². The number of para-hydroxylation sites is 1. The van der Waals surface area contributed by atoms with Crippen LogP contribution in [0.5, 0.6) is 0 Å². The summed E-state index contributed by atoms with van der Waals surface area (Å²) in [7, 11) is -1.61. The van der Waals surface area contributed by atoms with Crippen LogP contribution in [0, 0.1) is 0 Å². The Hall–Kier alpha value is -1.70. The fourth-order valence-corrected chi connectivity index (χ4v) is 4.16. The molecule has 6 nitrogen and oxygen atoms in total. The van der Waals surface area contributed by atoms with Crippen molar-refractivity contribution in [2.45, 2.75) is 23.8 Å². The highest BCUT2D eigenvalue weighted by atomic mass is 32.2. The van der Waals surface area contributed by atoms with Crippen LogP contribution in [0.1, 0.15) is 12.8 Å². The molecule has 7 heteroatoms. The molecule has 2 heterocycles. The van der Waals surface area contributed by atoms with Crippen LogP contribution in [0.15, 0.2) is 47.6 Å². The molecule has 1 N–H and O–H groups in total. The van der Waals surface area contributed by atoms with Gasteiger partial charge < -0.3 is 5.32 Å². The molecule has 1 fully saturated rings. The third kappa shape index (κ3) is 2.92. The Morgan fingerprint density at radius 1 is 1.27 bits per heavy atom. The highest BCUT2D eigenvalue weighted by Gasteiger charge is 2.30. The van der Waals surface area contributed by atoms with E-state index in [1.165, 1.54) is 6.20 Å². The molecule has 2 aromatic rings. The van der Waals surface area contributed by atoms with Gasteiger partial charge in [-0.25, -0.2) is 13.1 Å². The van der Waals surface area contributed by atoms with Gasteiger partial charge in [0.2, 0.25) is 10.0 Å². The van der Waals surface area contributed by atoms with Crippen molar-refractivity contribution >= 4 is 10.0 Å². The monoisotopic (exact) mass is 320 g/mol. The molecule has 118 valence electrons. The van der Waals surface area contributed by atoms with E-state index >= 15 is 0 Å². The van der Waals surface area contributed by atoms with E-state index in [1.807, 2.05) is 37.4 Å². The summed E-state index contributed by atoms with van der Waals surface area (Å²) in [6.07, 6.45) is 4.88. The van der Waals surface area contributed by atoms with Gasteiger partial charge in [0.05, 0.1) is 18.1 Å². The van der Waals surface area contributed by atoms with E-state index in [0.29, 0.717) is 13.1 Å². The SMILES string of the molecule is CNC1CCCN(S(=O)(=O)c2cnn(-c3ccccc3)c2)C1. The lowest BCUT2D eigenvalue weighted by Gasteiger charge is -2.31. The summed E-state index contributed by atoms with van der Waals surface area (Å²) in [6, 6.07) is 9.70. The average Bonchev–Trinajstić information content (AvgIpc) is 3.06. The predicted octanol–water partition coefficient (Wildman–Crippen LogP) is 1.24. The molecule has 0 aliphatic carbocycles. The second kappa shape index (κ2) is 6.20. The molecule has 0 saturated carbocycles. The van der Waals surface area contributed by atoms with E-state index in [4.69, 9.17) is 0 Å². The van der Waals surface area contributed by atoms with E-state index in [9.17, 15) is 8.42 Å². The summed E-state index contributed by atoms with van der Waals surface area (Å²) in [4.78, 5) is 0.244. The van der Waals surface area contributed by atoms with Gasteiger partial charge in [-0.05, 0) is 32.0 Å². The summed E-state index contributed by atoms with van der Waals surface area (Å²) >= 11 is 0. The Kier molecular flexibility index (Phi) is 4.28. The van der Waals surface area contributed by atoms with Crippen LogP contribution in [0.25, 0.3) is 5.69 Å². The van der Waals surface area contributed by atoms with Gasteiger partial charge in [0.1, 0.15) is 4.90 Å². The molecule has 1 aromatic carbocycles. The topological polar surface area (TPSA) is 67.2 Å². The lowest BCUT2D eigenvalue weighted by molar-refractivity contribution is 0.293. The number of sulfonamides is 1. The van der Waals surface area contributed by atoms with Crippen molar-refractivity contribution in [2.75, 3.05) is 20.1 Å². The minimum Gasteiger partial charge on any atom is -0.316 e. The van der Waals surface area contributed by atoms with Crippen molar-refractivity contribution < 1.29 is 8.42 Å². The molecular formula is C15H20N4O2S. The maximum atomic E-state index is 12.7. The lowest BCUT2D eigenvalue weighted by Crippen LogP contribution is -2.46. The number of piperidine rings is 1. The first-order chi connectivity index (χ1) is 10.6. The van der Waals surface area contributed by atoms with Crippen molar-refractivity contribution in [1.82, 2.24) is 19.4 Å². The van der Waals surface area contributed by atoms with Crippen molar-refractivity contribution in [3.8, 4) is 5.69 Å². The second-order valence-electron chi connectivity index (χ2n) is 5.45. The first-order valence-electron chi connectivity index (χ1n) is 7.39.